The highest BCUT2D eigenvalue weighted by atomic mass is 16.7. The number of nitrogens with one attached hydrogen (secondary N) is 1. The third-order valence-corrected chi connectivity index (χ3v) is 5.29. The maximum absolute atomic E-state index is 12.2. The molecule has 5 atom stereocenters. The lowest BCUT2D eigenvalue weighted by Crippen LogP contribution is -2.60. The Morgan fingerprint density at radius 2 is 2.03 bits per heavy atom. The van der Waals surface area contributed by atoms with E-state index in [1.54, 1.807) is 13.8 Å². The molecule has 0 saturated carbocycles. The van der Waals surface area contributed by atoms with Gasteiger partial charge in [0.1, 0.15) is 18.3 Å². The van der Waals surface area contributed by atoms with Crippen LogP contribution in [0.1, 0.15) is 26.3 Å². The molecule has 0 unspecified atom stereocenters. The first-order valence-corrected chi connectivity index (χ1v) is 10.8. The molecule has 1 aromatic carbocycles. The molecule has 3 rings (SSSR count). The summed E-state index contributed by atoms with van der Waals surface area (Å²) in [6, 6.07) is 8.91. The first-order valence-electron chi connectivity index (χ1n) is 10.8. The maximum atomic E-state index is 12.2. The number of carbonyl (C=O) groups is 2. The van der Waals surface area contributed by atoms with E-state index in [0.29, 0.717) is 0 Å². The minimum Gasteiger partial charge on any atom is -0.478 e. The van der Waals surface area contributed by atoms with E-state index in [-0.39, 0.29) is 24.9 Å². The van der Waals surface area contributed by atoms with E-state index in [1.807, 2.05) is 42.5 Å². The van der Waals surface area contributed by atoms with Crippen molar-refractivity contribution in [1.29, 1.82) is 0 Å². The van der Waals surface area contributed by atoms with Gasteiger partial charge < -0.3 is 34.1 Å². The third kappa shape index (κ3) is 6.64. The predicted octanol–water partition coefficient (Wildman–Crippen LogP) is 1.56. The fourth-order valence-electron chi connectivity index (χ4n) is 3.76. The number of ether oxygens (including phenoxy) is 5. The van der Waals surface area contributed by atoms with Crippen LogP contribution in [0.15, 0.2) is 48.2 Å². The molecule has 1 amide bonds. The molecule has 0 aliphatic carbocycles. The van der Waals surface area contributed by atoms with Gasteiger partial charge in [-0.15, -0.1) is 0 Å². The molecule has 1 fully saturated rings. The molecule has 180 valence electrons. The Morgan fingerprint density at radius 1 is 1.30 bits per heavy atom. The summed E-state index contributed by atoms with van der Waals surface area (Å²) in [5.41, 5.74) is 1.01. The molecule has 0 spiro atoms. The van der Waals surface area contributed by atoms with Gasteiger partial charge in [-0.1, -0.05) is 42.5 Å². The van der Waals surface area contributed by atoms with Crippen LogP contribution in [0.2, 0.25) is 0 Å². The highest BCUT2D eigenvalue weighted by molar-refractivity contribution is 5.86. The summed E-state index contributed by atoms with van der Waals surface area (Å²) in [7, 11) is 1.23. The molecular weight excluding hydrogens is 430 g/mol. The zero-order chi connectivity index (χ0) is 24.0. The van der Waals surface area contributed by atoms with Crippen LogP contribution in [0, 0.1) is 0 Å². The number of methoxy groups -OCH3 is 1. The molecule has 0 bridgehead atoms. The van der Waals surface area contributed by atoms with Crippen LogP contribution >= 0.6 is 0 Å². The summed E-state index contributed by atoms with van der Waals surface area (Å²) in [4.78, 5) is 24.2. The number of hydrogen-bond donors (Lipinski definition) is 2. The normalized spacial score (nSPS) is 27.5. The van der Waals surface area contributed by atoms with Crippen LogP contribution in [0.4, 0.5) is 0 Å². The Bertz CT molecular complexity index is 882. The summed E-state index contributed by atoms with van der Waals surface area (Å²) in [5, 5.41) is 13.8. The van der Waals surface area contributed by atoms with Crippen molar-refractivity contribution in [1.82, 2.24) is 5.32 Å². The zero-order valence-electron chi connectivity index (χ0n) is 19.2. The van der Waals surface area contributed by atoms with Gasteiger partial charge in [-0.25, -0.2) is 4.79 Å². The SMILES string of the molecule is COC(=O)C1=C[C@H](OC/C=C/c2ccccc2)[C@@H](NC(C)=O)[C@H]([C@H](O)[C@H]2COC(C)(C)O2)O1. The second-order valence-corrected chi connectivity index (χ2v) is 8.30. The molecule has 1 saturated heterocycles. The van der Waals surface area contributed by atoms with Crippen molar-refractivity contribution in [2.24, 2.45) is 0 Å². The van der Waals surface area contributed by atoms with Gasteiger partial charge in [0.05, 0.1) is 26.4 Å². The van der Waals surface area contributed by atoms with Crippen LogP contribution < -0.4 is 5.32 Å². The van der Waals surface area contributed by atoms with Crippen molar-refractivity contribution in [3.63, 3.8) is 0 Å². The number of aliphatic hydroxyl groups is 1. The van der Waals surface area contributed by atoms with Gasteiger partial charge in [0.25, 0.3) is 0 Å². The number of esters is 1. The second-order valence-electron chi connectivity index (χ2n) is 8.30. The van der Waals surface area contributed by atoms with Crippen molar-refractivity contribution in [2.75, 3.05) is 20.3 Å². The predicted molar refractivity (Wildman–Crippen MR) is 119 cm³/mol. The lowest BCUT2D eigenvalue weighted by atomic mass is 9.93. The van der Waals surface area contributed by atoms with Gasteiger partial charge in [0.2, 0.25) is 11.7 Å². The number of aliphatic hydroxyl groups excluding tert-OH is 1. The van der Waals surface area contributed by atoms with E-state index >= 15 is 0 Å². The monoisotopic (exact) mass is 461 g/mol. The smallest absolute Gasteiger partial charge is 0.373 e. The standard InChI is InChI=1S/C24H31NO8/c1-15(26)25-20-17(30-12-8-11-16-9-6-5-7-10-16)13-18(23(28)29-4)32-22(20)21(27)19-14-31-24(2,3)33-19/h5-11,13,17,19-22,27H,12,14H2,1-4H3,(H,25,26)/b11-8+/t17-,19+,20+,21+,22+/m0/s1. The summed E-state index contributed by atoms with van der Waals surface area (Å²) >= 11 is 0. The summed E-state index contributed by atoms with van der Waals surface area (Å²) in [6.07, 6.45) is 1.41. The molecule has 33 heavy (non-hydrogen) atoms. The first-order chi connectivity index (χ1) is 15.7. The van der Waals surface area contributed by atoms with Crippen molar-refractivity contribution in [2.45, 2.75) is 57.0 Å². The van der Waals surface area contributed by atoms with Gasteiger partial charge in [-0.2, -0.15) is 0 Å². The van der Waals surface area contributed by atoms with Crippen molar-refractivity contribution >= 4 is 18.0 Å². The molecule has 9 nitrogen and oxygen atoms in total. The first kappa shape index (κ1) is 24.9. The lowest BCUT2D eigenvalue weighted by Gasteiger charge is -2.40. The van der Waals surface area contributed by atoms with Gasteiger partial charge in [-0.05, 0) is 25.5 Å². The quantitative estimate of drug-likeness (QED) is 0.561. The molecular formula is C24H31NO8. The zero-order valence-corrected chi connectivity index (χ0v) is 19.2. The largest absolute Gasteiger partial charge is 0.478 e. The Hall–Kier alpha value is -2.72. The van der Waals surface area contributed by atoms with Crippen LogP contribution in [-0.2, 0) is 33.3 Å². The minimum atomic E-state index is -1.22. The number of benzene rings is 1. The molecule has 2 aliphatic heterocycles. The van der Waals surface area contributed by atoms with Gasteiger partial charge in [0, 0.05) is 6.92 Å². The molecule has 2 heterocycles. The van der Waals surface area contributed by atoms with E-state index in [4.69, 9.17) is 23.7 Å². The van der Waals surface area contributed by atoms with E-state index in [9.17, 15) is 14.7 Å². The topological polar surface area (TPSA) is 113 Å². The van der Waals surface area contributed by atoms with Gasteiger partial charge in [0.15, 0.2) is 11.9 Å². The van der Waals surface area contributed by atoms with Gasteiger partial charge >= 0.3 is 5.97 Å². The number of rotatable bonds is 8. The van der Waals surface area contributed by atoms with Crippen molar-refractivity contribution in [3.05, 3.63) is 53.8 Å². The number of amides is 1. The van der Waals surface area contributed by atoms with Crippen LogP contribution in [0.3, 0.4) is 0 Å². The minimum absolute atomic E-state index is 0.113. The molecule has 9 heteroatoms. The van der Waals surface area contributed by atoms with Crippen LogP contribution in [-0.4, -0.2) is 73.6 Å². The average molecular weight is 462 g/mol. The van der Waals surface area contributed by atoms with Crippen molar-refractivity contribution in [3.8, 4) is 0 Å². The molecule has 2 aliphatic rings. The van der Waals surface area contributed by atoms with E-state index in [1.165, 1.54) is 20.1 Å². The fourth-order valence-corrected chi connectivity index (χ4v) is 3.76. The fraction of sp³-hybridized carbons (Fsp3) is 0.500. The second kappa shape index (κ2) is 10.9. The van der Waals surface area contributed by atoms with Gasteiger partial charge in [-0.3, -0.25) is 4.79 Å². The molecule has 2 N–H and O–H groups in total. The summed E-state index contributed by atoms with van der Waals surface area (Å²) in [5.74, 6) is -2.04. The van der Waals surface area contributed by atoms with E-state index in [2.05, 4.69) is 5.32 Å². The molecule has 0 aromatic heterocycles. The van der Waals surface area contributed by atoms with Crippen molar-refractivity contribution < 1.29 is 38.4 Å². The Balaban J connectivity index is 1.81. The average Bonchev–Trinajstić information content (AvgIpc) is 3.16. The molecule has 0 radical (unpaired) electrons. The van der Waals surface area contributed by atoms with Crippen LogP contribution in [0.5, 0.6) is 0 Å². The Morgan fingerprint density at radius 3 is 2.64 bits per heavy atom. The Labute approximate surface area is 193 Å². The van der Waals surface area contributed by atoms with E-state index < -0.39 is 42.2 Å². The Kier molecular flexibility index (Phi) is 8.25. The third-order valence-electron chi connectivity index (χ3n) is 5.29. The van der Waals surface area contributed by atoms with Crippen LogP contribution in [0.25, 0.3) is 6.08 Å². The highest BCUT2D eigenvalue weighted by Gasteiger charge is 2.48. The number of carbonyl (C=O) groups excluding carboxylic acids is 2. The summed E-state index contributed by atoms with van der Waals surface area (Å²) < 4.78 is 27.9. The highest BCUT2D eigenvalue weighted by Crippen LogP contribution is 2.30. The lowest BCUT2D eigenvalue weighted by molar-refractivity contribution is -0.173. The number of hydrogen-bond acceptors (Lipinski definition) is 8. The van der Waals surface area contributed by atoms with E-state index in [0.717, 1.165) is 5.56 Å². The molecule has 1 aromatic rings. The maximum Gasteiger partial charge on any atom is 0.373 e. The summed E-state index contributed by atoms with van der Waals surface area (Å²) in [6.45, 7) is 5.14.